The molecule has 0 saturated heterocycles. The molecule has 2 nitrogen and oxygen atoms in total. The Kier molecular flexibility index (Phi) is 4.81. The lowest BCUT2D eigenvalue weighted by Crippen LogP contribution is -2.06. The van der Waals surface area contributed by atoms with Crippen molar-refractivity contribution in [2.45, 2.75) is 26.7 Å². The Hall–Kier alpha value is -1.02. The minimum absolute atomic E-state index is 0.0123. The summed E-state index contributed by atoms with van der Waals surface area (Å²) in [6, 6.07) is 5.71. The van der Waals surface area contributed by atoms with Gasteiger partial charge in [-0.2, -0.15) is 0 Å². The van der Waals surface area contributed by atoms with E-state index in [4.69, 9.17) is 16.3 Å². The van der Waals surface area contributed by atoms with E-state index in [1.807, 2.05) is 25.1 Å². The Balaban J connectivity index is 3.15. The van der Waals surface area contributed by atoms with Crippen LogP contribution < -0.4 is 4.74 Å². The Morgan fingerprint density at radius 3 is 2.62 bits per heavy atom. The van der Waals surface area contributed by atoms with Crippen LogP contribution in [0.4, 0.5) is 0 Å². The van der Waals surface area contributed by atoms with Gasteiger partial charge in [0, 0.05) is 0 Å². The van der Waals surface area contributed by atoms with E-state index in [2.05, 4.69) is 13.8 Å². The molecule has 16 heavy (non-hydrogen) atoms. The molecule has 1 aromatic carbocycles. The van der Waals surface area contributed by atoms with E-state index >= 15 is 0 Å². The Labute approximate surface area is 102 Å². The van der Waals surface area contributed by atoms with Crippen molar-refractivity contribution >= 4 is 17.4 Å². The maximum atomic E-state index is 11.7. The van der Waals surface area contributed by atoms with Crippen LogP contribution in [0.2, 0.25) is 0 Å². The van der Waals surface area contributed by atoms with Gasteiger partial charge in [-0.25, -0.2) is 0 Å². The molecule has 0 N–H and O–H groups in total. The minimum atomic E-state index is -0.0902. The summed E-state index contributed by atoms with van der Waals surface area (Å²) >= 11 is 5.59. The number of alkyl halides is 1. The number of carbonyl (C=O) groups excluding carboxylic acids is 1. The molecule has 0 spiro atoms. The third-order valence-corrected chi connectivity index (χ3v) is 2.63. The smallest absolute Gasteiger partial charge is 0.181 e. The summed E-state index contributed by atoms with van der Waals surface area (Å²) in [5.74, 6) is 0.907. The van der Waals surface area contributed by atoms with Crippen LogP contribution in [0.25, 0.3) is 0 Å². The minimum Gasteiger partial charge on any atom is -0.493 e. The molecule has 3 heteroatoms. The van der Waals surface area contributed by atoms with Crippen LogP contribution in [0, 0.1) is 0 Å². The van der Waals surface area contributed by atoms with Crippen LogP contribution in [-0.4, -0.2) is 18.3 Å². The highest BCUT2D eigenvalue weighted by molar-refractivity contribution is 6.30. The van der Waals surface area contributed by atoms with Gasteiger partial charge in [0.1, 0.15) is 5.75 Å². The first kappa shape index (κ1) is 13.0. The first-order valence-electron chi connectivity index (χ1n) is 5.46. The number of Topliss-reactive ketones (excluding diaryl/α,β-unsaturated/α-hetero) is 1. The summed E-state index contributed by atoms with van der Waals surface area (Å²) in [6.45, 7) is 6.62. The second kappa shape index (κ2) is 5.90. The molecule has 0 aliphatic rings. The Morgan fingerprint density at radius 1 is 1.44 bits per heavy atom. The summed E-state index contributed by atoms with van der Waals surface area (Å²) in [5.41, 5.74) is 1.71. The van der Waals surface area contributed by atoms with E-state index in [1.165, 1.54) is 0 Å². The molecule has 0 fully saturated rings. The maximum Gasteiger partial charge on any atom is 0.181 e. The van der Waals surface area contributed by atoms with Crippen molar-refractivity contribution in [1.29, 1.82) is 0 Å². The average Bonchev–Trinajstić information content (AvgIpc) is 2.28. The standard InChI is InChI=1S/C13H17ClO2/c1-4-16-13-6-5-10(9(2)3)7-11(13)12(15)8-14/h5-7,9H,4,8H2,1-3H3. The van der Waals surface area contributed by atoms with Gasteiger partial charge in [-0.15, -0.1) is 11.6 Å². The van der Waals surface area contributed by atoms with Crippen molar-refractivity contribution in [2.75, 3.05) is 12.5 Å². The van der Waals surface area contributed by atoms with E-state index < -0.39 is 0 Å². The molecule has 0 atom stereocenters. The Morgan fingerprint density at radius 2 is 2.12 bits per heavy atom. The number of carbonyl (C=O) groups is 1. The summed E-state index contributed by atoms with van der Waals surface area (Å²) in [7, 11) is 0. The number of hydrogen-bond donors (Lipinski definition) is 0. The zero-order valence-electron chi connectivity index (χ0n) is 9.92. The average molecular weight is 241 g/mol. The predicted molar refractivity (Wildman–Crippen MR) is 66.8 cm³/mol. The number of ketones is 1. The van der Waals surface area contributed by atoms with E-state index in [0.29, 0.717) is 23.8 Å². The van der Waals surface area contributed by atoms with Gasteiger partial charge in [-0.1, -0.05) is 19.9 Å². The van der Waals surface area contributed by atoms with Crippen LogP contribution >= 0.6 is 11.6 Å². The summed E-state index contributed by atoms with van der Waals surface area (Å²) < 4.78 is 5.42. The lowest BCUT2D eigenvalue weighted by molar-refractivity contribution is 0.101. The molecule has 0 amide bonds. The fraction of sp³-hybridized carbons (Fsp3) is 0.462. The van der Waals surface area contributed by atoms with Crippen LogP contribution in [-0.2, 0) is 0 Å². The van der Waals surface area contributed by atoms with Crippen molar-refractivity contribution in [3.05, 3.63) is 29.3 Å². The monoisotopic (exact) mass is 240 g/mol. The third-order valence-electron chi connectivity index (χ3n) is 2.39. The molecule has 88 valence electrons. The number of ether oxygens (including phenoxy) is 1. The van der Waals surface area contributed by atoms with Crippen LogP contribution in [0.15, 0.2) is 18.2 Å². The Bertz CT molecular complexity index is 372. The van der Waals surface area contributed by atoms with Crippen molar-refractivity contribution in [3.8, 4) is 5.75 Å². The third kappa shape index (κ3) is 2.99. The van der Waals surface area contributed by atoms with E-state index in [9.17, 15) is 4.79 Å². The van der Waals surface area contributed by atoms with Crippen molar-refractivity contribution < 1.29 is 9.53 Å². The number of benzene rings is 1. The highest BCUT2D eigenvalue weighted by Gasteiger charge is 2.13. The molecule has 0 bridgehead atoms. The second-order valence-corrected chi connectivity index (χ2v) is 4.17. The molecule has 0 saturated carbocycles. The highest BCUT2D eigenvalue weighted by atomic mass is 35.5. The molecule has 0 heterocycles. The topological polar surface area (TPSA) is 26.3 Å². The largest absolute Gasteiger partial charge is 0.493 e. The predicted octanol–water partition coefficient (Wildman–Crippen LogP) is 3.63. The van der Waals surface area contributed by atoms with Crippen molar-refractivity contribution in [2.24, 2.45) is 0 Å². The highest BCUT2D eigenvalue weighted by Crippen LogP contribution is 2.25. The molecular weight excluding hydrogens is 224 g/mol. The molecule has 0 aliphatic carbocycles. The number of hydrogen-bond acceptors (Lipinski definition) is 2. The zero-order valence-corrected chi connectivity index (χ0v) is 10.7. The van der Waals surface area contributed by atoms with Gasteiger partial charge >= 0.3 is 0 Å². The lowest BCUT2D eigenvalue weighted by Gasteiger charge is -2.12. The van der Waals surface area contributed by atoms with Gasteiger partial charge in [0.15, 0.2) is 5.78 Å². The molecule has 1 rings (SSSR count). The van der Waals surface area contributed by atoms with E-state index in [-0.39, 0.29) is 11.7 Å². The fourth-order valence-corrected chi connectivity index (χ4v) is 1.62. The molecule has 0 aromatic heterocycles. The van der Waals surface area contributed by atoms with Gasteiger partial charge in [-0.3, -0.25) is 4.79 Å². The number of rotatable bonds is 5. The molecule has 0 radical (unpaired) electrons. The SMILES string of the molecule is CCOc1ccc(C(C)C)cc1C(=O)CCl. The van der Waals surface area contributed by atoms with Crippen LogP contribution in [0.5, 0.6) is 5.75 Å². The molecular formula is C13H17ClO2. The number of halogens is 1. The summed E-state index contributed by atoms with van der Waals surface area (Å²) in [4.78, 5) is 11.7. The van der Waals surface area contributed by atoms with Gasteiger partial charge in [0.2, 0.25) is 0 Å². The zero-order chi connectivity index (χ0) is 12.1. The van der Waals surface area contributed by atoms with Gasteiger partial charge in [0.05, 0.1) is 18.1 Å². The van der Waals surface area contributed by atoms with Gasteiger partial charge < -0.3 is 4.74 Å². The van der Waals surface area contributed by atoms with Crippen molar-refractivity contribution in [3.63, 3.8) is 0 Å². The van der Waals surface area contributed by atoms with Gasteiger partial charge in [0.25, 0.3) is 0 Å². The van der Waals surface area contributed by atoms with Crippen LogP contribution in [0.1, 0.15) is 42.6 Å². The first-order valence-corrected chi connectivity index (χ1v) is 5.99. The molecule has 0 aliphatic heterocycles. The first-order chi connectivity index (χ1) is 7.60. The summed E-state index contributed by atoms with van der Waals surface area (Å²) in [5, 5.41) is 0. The molecule has 0 unspecified atom stereocenters. The normalized spacial score (nSPS) is 10.6. The van der Waals surface area contributed by atoms with E-state index in [0.717, 1.165) is 5.56 Å². The molecule has 1 aromatic rings. The fourth-order valence-electron chi connectivity index (χ4n) is 1.48. The second-order valence-electron chi connectivity index (χ2n) is 3.90. The lowest BCUT2D eigenvalue weighted by atomic mass is 9.99. The quantitative estimate of drug-likeness (QED) is 0.580. The maximum absolute atomic E-state index is 11.7. The summed E-state index contributed by atoms with van der Waals surface area (Å²) in [6.07, 6.45) is 0. The van der Waals surface area contributed by atoms with Crippen molar-refractivity contribution in [1.82, 2.24) is 0 Å². The van der Waals surface area contributed by atoms with Gasteiger partial charge in [-0.05, 0) is 30.5 Å². The van der Waals surface area contributed by atoms with Crippen LogP contribution in [0.3, 0.4) is 0 Å². The van der Waals surface area contributed by atoms with E-state index in [1.54, 1.807) is 0 Å².